The van der Waals surface area contributed by atoms with Crippen molar-refractivity contribution in [3.05, 3.63) is 28.2 Å². The number of unbranched alkanes of at least 4 members (excludes halogenated alkanes) is 1. The number of hydrogen-bond acceptors (Lipinski definition) is 3. The highest BCUT2D eigenvalue weighted by Crippen LogP contribution is 2.32. The maximum absolute atomic E-state index is 11.9. The molecule has 0 bridgehead atoms. The zero-order valence-corrected chi connectivity index (χ0v) is 12.6. The summed E-state index contributed by atoms with van der Waals surface area (Å²) in [7, 11) is 3.04. The van der Waals surface area contributed by atoms with E-state index in [0.29, 0.717) is 0 Å². The van der Waals surface area contributed by atoms with Crippen LogP contribution in [0.4, 0.5) is 0 Å². The summed E-state index contributed by atoms with van der Waals surface area (Å²) in [5, 5.41) is 0. The SMILES string of the molecule is CCCCC(C(=O)OC)c1cc(OC)ccc1Br. The number of methoxy groups -OCH3 is 2. The van der Waals surface area contributed by atoms with Crippen LogP contribution in [0.2, 0.25) is 0 Å². The van der Waals surface area contributed by atoms with Crippen molar-refractivity contribution in [2.45, 2.75) is 32.1 Å². The number of benzene rings is 1. The Morgan fingerprint density at radius 1 is 1.39 bits per heavy atom. The first-order valence-electron chi connectivity index (χ1n) is 6.05. The van der Waals surface area contributed by atoms with E-state index in [0.717, 1.165) is 35.0 Å². The Morgan fingerprint density at radius 2 is 2.11 bits per heavy atom. The molecule has 4 heteroatoms. The van der Waals surface area contributed by atoms with Gasteiger partial charge in [0.25, 0.3) is 0 Å². The fourth-order valence-corrected chi connectivity index (χ4v) is 2.39. The largest absolute Gasteiger partial charge is 0.497 e. The summed E-state index contributed by atoms with van der Waals surface area (Å²) in [6.07, 6.45) is 2.83. The lowest BCUT2D eigenvalue weighted by Crippen LogP contribution is -2.15. The minimum Gasteiger partial charge on any atom is -0.497 e. The summed E-state index contributed by atoms with van der Waals surface area (Å²) < 4.78 is 11.0. The van der Waals surface area contributed by atoms with Gasteiger partial charge in [-0.3, -0.25) is 4.79 Å². The van der Waals surface area contributed by atoms with Crippen molar-refractivity contribution in [2.75, 3.05) is 14.2 Å². The van der Waals surface area contributed by atoms with E-state index < -0.39 is 0 Å². The number of carbonyl (C=O) groups excluding carboxylic acids is 1. The van der Waals surface area contributed by atoms with E-state index in [-0.39, 0.29) is 11.9 Å². The average molecular weight is 315 g/mol. The summed E-state index contributed by atoms with van der Waals surface area (Å²) in [6, 6.07) is 5.65. The maximum atomic E-state index is 11.9. The predicted molar refractivity (Wildman–Crippen MR) is 75.0 cm³/mol. The first kappa shape index (κ1) is 15.0. The van der Waals surface area contributed by atoms with Crippen LogP contribution in [0.3, 0.4) is 0 Å². The van der Waals surface area contributed by atoms with Crippen molar-refractivity contribution in [2.24, 2.45) is 0 Å². The molecule has 3 nitrogen and oxygen atoms in total. The van der Waals surface area contributed by atoms with Crippen LogP contribution >= 0.6 is 15.9 Å². The van der Waals surface area contributed by atoms with Gasteiger partial charge in [-0.15, -0.1) is 0 Å². The molecule has 1 aromatic rings. The fraction of sp³-hybridized carbons (Fsp3) is 0.500. The minimum atomic E-state index is -0.237. The van der Waals surface area contributed by atoms with Gasteiger partial charge >= 0.3 is 5.97 Å². The molecule has 100 valence electrons. The molecule has 1 rings (SSSR count). The van der Waals surface area contributed by atoms with Crippen molar-refractivity contribution in [1.29, 1.82) is 0 Å². The Bertz CT molecular complexity index is 404. The summed E-state index contributed by atoms with van der Waals surface area (Å²) >= 11 is 3.49. The molecular weight excluding hydrogens is 296 g/mol. The van der Waals surface area contributed by atoms with Gasteiger partial charge in [0.15, 0.2) is 0 Å². The maximum Gasteiger partial charge on any atom is 0.313 e. The van der Waals surface area contributed by atoms with Crippen LogP contribution in [0, 0.1) is 0 Å². The first-order valence-corrected chi connectivity index (χ1v) is 6.84. The minimum absolute atomic E-state index is 0.197. The third-order valence-electron chi connectivity index (χ3n) is 2.91. The van der Waals surface area contributed by atoms with Gasteiger partial charge in [0.1, 0.15) is 5.75 Å². The Hall–Kier alpha value is -1.03. The van der Waals surface area contributed by atoms with E-state index in [1.54, 1.807) is 7.11 Å². The Labute approximate surface area is 117 Å². The van der Waals surface area contributed by atoms with Gasteiger partial charge in [-0.05, 0) is 30.2 Å². The Morgan fingerprint density at radius 3 is 2.67 bits per heavy atom. The summed E-state index contributed by atoms with van der Waals surface area (Å²) in [6.45, 7) is 2.11. The highest BCUT2D eigenvalue weighted by Gasteiger charge is 2.23. The molecule has 0 fully saturated rings. The van der Waals surface area contributed by atoms with Gasteiger partial charge in [-0.1, -0.05) is 35.7 Å². The summed E-state index contributed by atoms with van der Waals surface area (Å²) in [5.74, 6) is 0.315. The number of rotatable bonds is 6. The third-order valence-corrected chi connectivity index (χ3v) is 3.63. The van der Waals surface area contributed by atoms with E-state index in [1.165, 1.54) is 7.11 Å². The lowest BCUT2D eigenvalue weighted by molar-refractivity contribution is -0.142. The number of ether oxygens (including phenoxy) is 2. The lowest BCUT2D eigenvalue weighted by Gasteiger charge is -2.17. The molecule has 0 heterocycles. The van der Waals surface area contributed by atoms with Crippen molar-refractivity contribution in [3.63, 3.8) is 0 Å². The summed E-state index contributed by atoms with van der Waals surface area (Å²) in [4.78, 5) is 11.9. The molecule has 1 atom stereocenters. The van der Waals surface area contributed by atoms with Crippen molar-refractivity contribution in [3.8, 4) is 5.75 Å². The van der Waals surface area contributed by atoms with E-state index in [9.17, 15) is 4.79 Å². The number of hydrogen-bond donors (Lipinski definition) is 0. The second-order valence-corrected chi connectivity index (χ2v) is 4.96. The molecule has 1 unspecified atom stereocenters. The molecule has 18 heavy (non-hydrogen) atoms. The van der Waals surface area contributed by atoms with Crippen molar-refractivity contribution in [1.82, 2.24) is 0 Å². The average Bonchev–Trinajstić information content (AvgIpc) is 2.40. The fourth-order valence-electron chi connectivity index (χ4n) is 1.87. The zero-order chi connectivity index (χ0) is 13.5. The molecule has 1 aromatic carbocycles. The molecule has 0 aliphatic heterocycles. The molecular formula is C14H19BrO3. The lowest BCUT2D eigenvalue weighted by atomic mass is 9.93. The van der Waals surface area contributed by atoms with Gasteiger partial charge in [-0.25, -0.2) is 0 Å². The topological polar surface area (TPSA) is 35.5 Å². The predicted octanol–water partition coefficient (Wildman–Crippen LogP) is 3.90. The molecule has 0 saturated heterocycles. The Kier molecular flexibility index (Phi) is 6.19. The number of halogens is 1. The Balaban J connectivity index is 3.06. The monoisotopic (exact) mass is 314 g/mol. The molecule has 0 radical (unpaired) electrons. The van der Waals surface area contributed by atoms with Gasteiger partial charge in [0.2, 0.25) is 0 Å². The molecule has 0 saturated carbocycles. The van der Waals surface area contributed by atoms with Crippen molar-refractivity contribution < 1.29 is 14.3 Å². The van der Waals surface area contributed by atoms with Gasteiger partial charge in [-0.2, -0.15) is 0 Å². The normalized spacial score (nSPS) is 12.0. The van der Waals surface area contributed by atoms with Gasteiger partial charge < -0.3 is 9.47 Å². The molecule has 0 aromatic heterocycles. The number of esters is 1. The van der Waals surface area contributed by atoms with Crippen LogP contribution in [0.15, 0.2) is 22.7 Å². The molecule has 0 N–H and O–H groups in total. The third kappa shape index (κ3) is 3.73. The molecule has 0 aliphatic carbocycles. The smallest absolute Gasteiger partial charge is 0.313 e. The van der Waals surface area contributed by atoms with E-state index in [1.807, 2.05) is 18.2 Å². The zero-order valence-electron chi connectivity index (χ0n) is 11.0. The second kappa shape index (κ2) is 7.41. The van der Waals surface area contributed by atoms with Crippen LogP contribution in [-0.2, 0) is 9.53 Å². The first-order chi connectivity index (χ1) is 8.63. The van der Waals surface area contributed by atoms with Crippen LogP contribution in [0.1, 0.15) is 37.7 Å². The van der Waals surface area contributed by atoms with Crippen molar-refractivity contribution >= 4 is 21.9 Å². The summed E-state index contributed by atoms with van der Waals surface area (Å²) in [5.41, 5.74) is 0.926. The van der Waals surface area contributed by atoms with Crippen LogP contribution in [0.25, 0.3) is 0 Å². The van der Waals surface area contributed by atoms with E-state index in [4.69, 9.17) is 9.47 Å². The van der Waals surface area contributed by atoms with Gasteiger partial charge in [0.05, 0.1) is 20.1 Å². The highest BCUT2D eigenvalue weighted by atomic mass is 79.9. The standard InChI is InChI=1S/C14H19BrO3/c1-4-5-6-11(14(16)18-3)12-9-10(17-2)7-8-13(12)15/h7-9,11H,4-6H2,1-3H3. The highest BCUT2D eigenvalue weighted by molar-refractivity contribution is 9.10. The van der Waals surface area contributed by atoms with Gasteiger partial charge in [0, 0.05) is 4.47 Å². The molecule has 0 aliphatic rings. The second-order valence-electron chi connectivity index (χ2n) is 4.11. The molecule has 0 spiro atoms. The van der Waals surface area contributed by atoms with Crippen LogP contribution < -0.4 is 4.74 Å². The quantitative estimate of drug-likeness (QED) is 0.747. The van der Waals surface area contributed by atoms with E-state index in [2.05, 4.69) is 22.9 Å². The molecule has 0 amide bonds. The van der Waals surface area contributed by atoms with Crippen LogP contribution in [-0.4, -0.2) is 20.2 Å². The number of carbonyl (C=O) groups is 1. The van der Waals surface area contributed by atoms with E-state index >= 15 is 0 Å². The van der Waals surface area contributed by atoms with Crippen LogP contribution in [0.5, 0.6) is 5.75 Å².